The van der Waals surface area contributed by atoms with E-state index in [1.165, 1.54) is 32.9 Å². The van der Waals surface area contributed by atoms with Gasteiger partial charge in [-0.1, -0.05) is 60.7 Å². The van der Waals surface area contributed by atoms with Crippen LogP contribution in [0.2, 0.25) is 0 Å². The van der Waals surface area contributed by atoms with E-state index in [-0.39, 0.29) is 12.8 Å². The van der Waals surface area contributed by atoms with Gasteiger partial charge in [-0.15, -0.1) is 0 Å². The van der Waals surface area contributed by atoms with Crippen molar-refractivity contribution in [2.24, 2.45) is 0 Å². The molecule has 2 N–H and O–H groups in total. The number of amides is 3. The van der Waals surface area contributed by atoms with E-state index < -0.39 is 47.1 Å². The molecule has 0 spiro atoms. The number of carbonyl (C=O) groups is 4. The van der Waals surface area contributed by atoms with Gasteiger partial charge < -0.3 is 20.1 Å². The molecular formula is C29H39N3O6. The minimum absolute atomic E-state index is 0.207. The average Bonchev–Trinajstić information content (AvgIpc) is 2.85. The van der Waals surface area contributed by atoms with Crippen molar-refractivity contribution < 1.29 is 28.7 Å². The molecule has 9 nitrogen and oxygen atoms in total. The number of benzene rings is 2. The number of nitrogens with zero attached hydrogens (tertiary/aromatic N) is 1. The van der Waals surface area contributed by atoms with E-state index in [1.807, 2.05) is 60.7 Å². The first-order valence-electron chi connectivity index (χ1n) is 12.5. The molecule has 0 unspecified atom stereocenters. The number of nitrogens with one attached hydrogen (secondary N) is 2. The van der Waals surface area contributed by atoms with E-state index in [9.17, 15) is 19.2 Å². The van der Waals surface area contributed by atoms with Gasteiger partial charge in [0, 0.05) is 19.9 Å². The van der Waals surface area contributed by atoms with E-state index in [0.717, 1.165) is 11.1 Å². The van der Waals surface area contributed by atoms with Gasteiger partial charge in [-0.2, -0.15) is 0 Å². The first kappa shape index (κ1) is 30.3. The van der Waals surface area contributed by atoms with Gasteiger partial charge in [0.25, 0.3) is 0 Å². The zero-order valence-corrected chi connectivity index (χ0v) is 23.2. The maximum absolute atomic E-state index is 13.5. The summed E-state index contributed by atoms with van der Waals surface area (Å²) in [5.41, 5.74) is -0.491. The van der Waals surface area contributed by atoms with Crippen LogP contribution in [0.5, 0.6) is 0 Å². The Kier molecular flexibility index (Phi) is 10.4. The molecule has 0 bridgehead atoms. The zero-order valence-electron chi connectivity index (χ0n) is 23.2. The molecule has 0 saturated carbocycles. The van der Waals surface area contributed by atoms with Crippen LogP contribution in [-0.4, -0.2) is 66.2 Å². The average molecular weight is 526 g/mol. The maximum Gasteiger partial charge on any atom is 0.410 e. The minimum Gasteiger partial charge on any atom is -0.467 e. The van der Waals surface area contributed by atoms with Crippen LogP contribution >= 0.6 is 0 Å². The summed E-state index contributed by atoms with van der Waals surface area (Å²) in [7, 11) is 2.74. The number of esters is 1. The van der Waals surface area contributed by atoms with Gasteiger partial charge in [0.1, 0.15) is 23.2 Å². The normalized spacial score (nSPS) is 13.0. The van der Waals surface area contributed by atoms with E-state index in [2.05, 4.69) is 10.6 Å². The van der Waals surface area contributed by atoms with Crippen molar-refractivity contribution in [2.75, 3.05) is 14.2 Å². The summed E-state index contributed by atoms with van der Waals surface area (Å²) in [6, 6.07) is 16.6. The summed E-state index contributed by atoms with van der Waals surface area (Å²) in [5, 5.41) is 5.45. The van der Waals surface area contributed by atoms with Gasteiger partial charge in [-0.05, 0) is 45.7 Å². The second kappa shape index (κ2) is 13.1. The standard InChI is InChI=1S/C29H39N3O6/c1-28(2,3)38-27(36)32(6)23(19-21-16-12-9-13-17-21)24(33)31-29(4,5)26(35)30-22(25(34)37-7)18-20-14-10-8-11-15-20/h8-17,22-23H,18-19H2,1-7H3,(H,30,35)(H,31,33)/t22-,23-/m0/s1. The van der Waals surface area contributed by atoms with E-state index in [1.54, 1.807) is 20.8 Å². The van der Waals surface area contributed by atoms with Gasteiger partial charge in [0.2, 0.25) is 11.8 Å². The monoisotopic (exact) mass is 525 g/mol. The van der Waals surface area contributed by atoms with E-state index in [4.69, 9.17) is 9.47 Å². The molecule has 0 radical (unpaired) electrons. The lowest BCUT2D eigenvalue weighted by molar-refractivity contribution is -0.146. The fraction of sp³-hybridized carbons (Fsp3) is 0.448. The predicted molar refractivity (Wildman–Crippen MR) is 144 cm³/mol. The smallest absolute Gasteiger partial charge is 0.410 e. The molecule has 0 aliphatic heterocycles. The van der Waals surface area contributed by atoms with E-state index >= 15 is 0 Å². The lowest BCUT2D eigenvalue weighted by Crippen LogP contribution is -2.61. The molecule has 9 heteroatoms. The molecular weight excluding hydrogens is 486 g/mol. The van der Waals surface area contributed by atoms with Crippen molar-refractivity contribution in [3.8, 4) is 0 Å². The predicted octanol–water partition coefficient (Wildman–Crippen LogP) is 3.26. The lowest BCUT2D eigenvalue weighted by Gasteiger charge is -2.33. The van der Waals surface area contributed by atoms with Crippen molar-refractivity contribution in [3.05, 3.63) is 71.8 Å². The van der Waals surface area contributed by atoms with Gasteiger partial charge >= 0.3 is 12.1 Å². The highest BCUT2D eigenvalue weighted by molar-refractivity contribution is 5.95. The molecule has 0 aliphatic carbocycles. The zero-order chi connectivity index (χ0) is 28.5. The number of ether oxygens (including phenoxy) is 2. The summed E-state index contributed by atoms with van der Waals surface area (Å²) in [4.78, 5) is 53.2. The van der Waals surface area contributed by atoms with Crippen molar-refractivity contribution in [2.45, 2.75) is 70.7 Å². The number of methoxy groups -OCH3 is 1. The highest BCUT2D eigenvalue weighted by atomic mass is 16.6. The summed E-state index contributed by atoms with van der Waals surface area (Å²) in [6.07, 6.45) is -0.232. The third-order valence-electron chi connectivity index (χ3n) is 5.80. The SMILES string of the molecule is COC(=O)[C@H](Cc1ccccc1)NC(=O)C(C)(C)NC(=O)[C@H](Cc1ccccc1)N(C)C(=O)OC(C)(C)C. The lowest BCUT2D eigenvalue weighted by atomic mass is 9.99. The van der Waals surface area contributed by atoms with Crippen LogP contribution in [-0.2, 0) is 36.7 Å². The second-order valence-electron chi connectivity index (χ2n) is 10.6. The van der Waals surface area contributed by atoms with Crippen LogP contribution in [0.15, 0.2) is 60.7 Å². The van der Waals surface area contributed by atoms with Crippen LogP contribution in [0.1, 0.15) is 45.7 Å². The number of likely N-dealkylation sites (N-methyl/N-ethyl adjacent to an activating group) is 1. The van der Waals surface area contributed by atoms with Crippen LogP contribution in [0.25, 0.3) is 0 Å². The van der Waals surface area contributed by atoms with E-state index in [0.29, 0.717) is 0 Å². The molecule has 2 aromatic carbocycles. The molecule has 0 aliphatic rings. The molecule has 0 fully saturated rings. The van der Waals surface area contributed by atoms with Crippen LogP contribution in [0.3, 0.4) is 0 Å². The molecule has 0 saturated heterocycles. The Hall–Kier alpha value is -3.88. The molecule has 38 heavy (non-hydrogen) atoms. The summed E-state index contributed by atoms with van der Waals surface area (Å²) < 4.78 is 10.4. The summed E-state index contributed by atoms with van der Waals surface area (Å²) in [6.45, 7) is 8.29. The van der Waals surface area contributed by atoms with Crippen molar-refractivity contribution in [1.29, 1.82) is 0 Å². The number of carbonyl (C=O) groups excluding carboxylic acids is 4. The Bertz CT molecular complexity index is 1100. The number of hydrogen-bond donors (Lipinski definition) is 2. The third-order valence-corrected chi connectivity index (χ3v) is 5.80. The van der Waals surface area contributed by atoms with Gasteiger partial charge in [0.15, 0.2) is 0 Å². The molecule has 2 atom stereocenters. The third kappa shape index (κ3) is 9.21. The molecule has 2 aromatic rings. The quantitative estimate of drug-likeness (QED) is 0.461. The Morgan fingerprint density at radius 2 is 1.34 bits per heavy atom. The van der Waals surface area contributed by atoms with Gasteiger partial charge in [0.05, 0.1) is 7.11 Å². The molecule has 0 aromatic heterocycles. The first-order valence-corrected chi connectivity index (χ1v) is 12.5. The summed E-state index contributed by atoms with van der Waals surface area (Å²) >= 11 is 0. The van der Waals surface area contributed by atoms with Crippen LogP contribution in [0, 0.1) is 0 Å². The minimum atomic E-state index is -1.41. The van der Waals surface area contributed by atoms with Gasteiger partial charge in [-0.3, -0.25) is 14.5 Å². The van der Waals surface area contributed by atoms with Crippen molar-refractivity contribution >= 4 is 23.9 Å². The highest BCUT2D eigenvalue weighted by Crippen LogP contribution is 2.16. The Morgan fingerprint density at radius 3 is 1.82 bits per heavy atom. The summed E-state index contributed by atoms with van der Waals surface area (Å²) in [5.74, 6) is -1.72. The fourth-order valence-corrected chi connectivity index (χ4v) is 3.68. The molecule has 0 heterocycles. The van der Waals surface area contributed by atoms with Gasteiger partial charge in [-0.25, -0.2) is 9.59 Å². The largest absolute Gasteiger partial charge is 0.467 e. The molecule has 206 valence electrons. The van der Waals surface area contributed by atoms with Crippen molar-refractivity contribution in [1.82, 2.24) is 15.5 Å². The molecule has 3 amide bonds. The molecule has 2 rings (SSSR count). The maximum atomic E-state index is 13.5. The first-order chi connectivity index (χ1) is 17.7. The number of hydrogen-bond acceptors (Lipinski definition) is 6. The van der Waals surface area contributed by atoms with Crippen LogP contribution in [0.4, 0.5) is 4.79 Å². The Labute approximate surface area is 224 Å². The highest BCUT2D eigenvalue weighted by Gasteiger charge is 2.37. The fourth-order valence-electron chi connectivity index (χ4n) is 3.68. The van der Waals surface area contributed by atoms with Crippen LogP contribution < -0.4 is 10.6 Å². The Balaban J connectivity index is 2.22. The number of rotatable bonds is 10. The second-order valence-corrected chi connectivity index (χ2v) is 10.6. The Morgan fingerprint density at radius 1 is 0.842 bits per heavy atom. The van der Waals surface area contributed by atoms with Crippen molar-refractivity contribution in [3.63, 3.8) is 0 Å². The topological polar surface area (TPSA) is 114 Å².